The highest BCUT2D eigenvalue weighted by Gasteiger charge is 2.24. The average Bonchev–Trinajstić information content (AvgIpc) is 2.09. The molecule has 0 radical (unpaired) electrons. The normalized spacial score (nSPS) is 13.8. The van der Waals surface area contributed by atoms with Crippen LogP contribution in [0.15, 0.2) is 0 Å². The van der Waals surface area contributed by atoms with Crippen LogP contribution in [0.2, 0.25) is 0 Å². The van der Waals surface area contributed by atoms with Gasteiger partial charge in [0.2, 0.25) is 0 Å². The van der Waals surface area contributed by atoms with E-state index in [-0.39, 0.29) is 12.1 Å². The van der Waals surface area contributed by atoms with Gasteiger partial charge in [-0.05, 0) is 33.1 Å². The minimum Gasteiger partial charge on any atom is -0.444 e. The smallest absolute Gasteiger partial charge is 0.410 e. The first-order valence-corrected chi connectivity index (χ1v) is 5.83. The van der Waals surface area contributed by atoms with E-state index in [0.29, 0.717) is 12.5 Å². The second-order valence-corrected chi connectivity index (χ2v) is 5.61. The van der Waals surface area contributed by atoms with Crippen molar-refractivity contribution in [2.24, 2.45) is 11.7 Å². The van der Waals surface area contributed by atoms with Gasteiger partial charge in [0.1, 0.15) is 5.60 Å². The molecule has 0 saturated heterocycles. The summed E-state index contributed by atoms with van der Waals surface area (Å²) in [5.74, 6) is 0.512. The van der Waals surface area contributed by atoms with Crippen LogP contribution in [0.1, 0.15) is 41.0 Å². The molecule has 0 aliphatic carbocycles. The molecule has 0 aliphatic heterocycles. The summed E-state index contributed by atoms with van der Waals surface area (Å²) >= 11 is 0. The Morgan fingerprint density at radius 3 is 2.19 bits per heavy atom. The van der Waals surface area contributed by atoms with Crippen molar-refractivity contribution in [3.05, 3.63) is 0 Å². The zero-order valence-corrected chi connectivity index (χ0v) is 11.4. The lowest BCUT2D eigenvalue weighted by molar-refractivity contribution is 0.0212. The fourth-order valence-corrected chi connectivity index (χ4v) is 1.44. The molecule has 0 bridgehead atoms. The first-order valence-electron chi connectivity index (χ1n) is 5.83. The van der Waals surface area contributed by atoms with E-state index in [1.54, 1.807) is 11.9 Å². The Morgan fingerprint density at radius 1 is 1.38 bits per heavy atom. The first-order chi connectivity index (χ1) is 7.17. The van der Waals surface area contributed by atoms with Gasteiger partial charge in [-0.25, -0.2) is 4.79 Å². The molecule has 0 aromatic carbocycles. The number of nitrogens with two attached hydrogens (primary N) is 1. The van der Waals surface area contributed by atoms with Crippen molar-refractivity contribution in [1.29, 1.82) is 0 Å². The number of rotatable bonds is 4. The van der Waals surface area contributed by atoms with Crippen LogP contribution in [0, 0.1) is 5.92 Å². The van der Waals surface area contributed by atoms with Crippen LogP contribution in [0.5, 0.6) is 0 Å². The first kappa shape index (κ1) is 15.2. The number of amides is 1. The Kier molecular flexibility index (Phi) is 5.79. The van der Waals surface area contributed by atoms with E-state index < -0.39 is 5.60 Å². The fraction of sp³-hybridized carbons (Fsp3) is 0.917. The number of ether oxygens (including phenoxy) is 1. The van der Waals surface area contributed by atoms with Crippen LogP contribution >= 0.6 is 0 Å². The summed E-state index contributed by atoms with van der Waals surface area (Å²) in [6.07, 6.45) is 0.593. The third kappa shape index (κ3) is 5.95. The zero-order chi connectivity index (χ0) is 12.9. The van der Waals surface area contributed by atoms with Gasteiger partial charge in [0.25, 0.3) is 0 Å². The Bertz CT molecular complexity index is 222. The van der Waals surface area contributed by atoms with Crippen molar-refractivity contribution < 1.29 is 9.53 Å². The van der Waals surface area contributed by atoms with Crippen LogP contribution in [0.25, 0.3) is 0 Å². The highest BCUT2D eigenvalue weighted by atomic mass is 16.6. The molecule has 0 rings (SSSR count). The number of carbonyl (C=O) groups excluding carboxylic acids is 1. The maximum absolute atomic E-state index is 11.8. The lowest BCUT2D eigenvalue weighted by Crippen LogP contribution is -2.44. The molecule has 96 valence electrons. The van der Waals surface area contributed by atoms with Gasteiger partial charge < -0.3 is 15.4 Å². The third-order valence-corrected chi connectivity index (χ3v) is 2.24. The summed E-state index contributed by atoms with van der Waals surface area (Å²) in [5, 5.41) is 0. The molecule has 0 spiro atoms. The van der Waals surface area contributed by atoms with Crippen LogP contribution in [0.3, 0.4) is 0 Å². The van der Waals surface area contributed by atoms with Crippen molar-refractivity contribution >= 4 is 6.09 Å². The standard InChI is InChI=1S/C12H26N2O2/c1-9(2)7-10(8-13)14(6)11(15)16-12(3,4)5/h9-10H,7-8,13H2,1-6H3/t10-/m0/s1. The van der Waals surface area contributed by atoms with E-state index >= 15 is 0 Å². The summed E-state index contributed by atoms with van der Waals surface area (Å²) in [5.41, 5.74) is 5.22. The average molecular weight is 230 g/mol. The maximum Gasteiger partial charge on any atom is 0.410 e. The molecule has 16 heavy (non-hydrogen) atoms. The summed E-state index contributed by atoms with van der Waals surface area (Å²) in [4.78, 5) is 13.4. The number of nitrogens with zero attached hydrogens (tertiary/aromatic N) is 1. The molecule has 0 heterocycles. The fourth-order valence-electron chi connectivity index (χ4n) is 1.44. The van der Waals surface area contributed by atoms with E-state index in [9.17, 15) is 4.79 Å². The number of hydrogen-bond acceptors (Lipinski definition) is 3. The third-order valence-electron chi connectivity index (χ3n) is 2.24. The molecule has 0 fully saturated rings. The van der Waals surface area contributed by atoms with Crippen molar-refractivity contribution in [2.45, 2.75) is 52.7 Å². The molecule has 0 saturated carbocycles. The molecule has 2 N–H and O–H groups in total. The predicted octanol–water partition coefficient (Wildman–Crippen LogP) is 2.23. The number of likely N-dealkylation sites (N-methyl/N-ethyl adjacent to an activating group) is 1. The molecule has 0 aromatic rings. The van der Waals surface area contributed by atoms with Crippen molar-refractivity contribution in [3.63, 3.8) is 0 Å². The second-order valence-electron chi connectivity index (χ2n) is 5.61. The van der Waals surface area contributed by atoms with Crippen molar-refractivity contribution in [2.75, 3.05) is 13.6 Å². The SMILES string of the molecule is CC(C)C[C@@H](CN)N(C)C(=O)OC(C)(C)C. The molecular formula is C12H26N2O2. The lowest BCUT2D eigenvalue weighted by Gasteiger charge is -2.30. The van der Waals surface area contributed by atoms with Crippen LogP contribution in [0.4, 0.5) is 4.79 Å². The Labute approximate surface area is 99.1 Å². The maximum atomic E-state index is 11.8. The van der Waals surface area contributed by atoms with E-state index in [1.807, 2.05) is 20.8 Å². The zero-order valence-electron chi connectivity index (χ0n) is 11.4. The van der Waals surface area contributed by atoms with Crippen LogP contribution in [-0.4, -0.2) is 36.2 Å². The van der Waals surface area contributed by atoms with E-state index in [2.05, 4.69) is 13.8 Å². The molecule has 0 aliphatic rings. The number of hydrogen-bond donors (Lipinski definition) is 1. The minimum atomic E-state index is -0.456. The van der Waals surface area contributed by atoms with Gasteiger partial charge >= 0.3 is 6.09 Å². The quantitative estimate of drug-likeness (QED) is 0.805. The summed E-state index contributed by atoms with van der Waals surface area (Å²) in [6, 6.07) is 0.0508. The Balaban J connectivity index is 4.39. The molecule has 0 unspecified atom stereocenters. The Hall–Kier alpha value is -0.770. The van der Waals surface area contributed by atoms with Gasteiger partial charge in [-0.15, -0.1) is 0 Å². The Morgan fingerprint density at radius 2 is 1.88 bits per heavy atom. The highest BCUT2D eigenvalue weighted by molar-refractivity contribution is 5.68. The van der Waals surface area contributed by atoms with Gasteiger partial charge in [-0.1, -0.05) is 13.8 Å². The minimum absolute atomic E-state index is 0.0508. The summed E-state index contributed by atoms with van der Waals surface area (Å²) in [6.45, 7) is 10.3. The molecule has 1 amide bonds. The van der Waals surface area contributed by atoms with Gasteiger partial charge in [-0.3, -0.25) is 0 Å². The lowest BCUT2D eigenvalue weighted by atomic mass is 10.0. The van der Waals surface area contributed by atoms with E-state index in [0.717, 1.165) is 6.42 Å². The van der Waals surface area contributed by atoms with Gasteiger partial charge in [-0.2, -0.15) is 0 Å². The molecule has 1 atom stereocenters. The molecule has 0 aromatic heterocycles. The predicted molar refractivity (Wildman–Crippen MR) is 66.3 cm³/mol. The summed E-state index contributed by atoms with van der Waals surface area (Å²) < 4.78 is 5.30. The van der Waals surface area contributed by atoms with Gasteiger partial charge in [0.05, 0.1) is 0 Å². The molecule has 4 heteroatoms. The van der Waals surface area contributed by atoms with Gasteiger partial charge in [0, 0.05) is 19.6 Å². The summed E-state index contributed by atoms with van der Waals surface area (Å²) in [7, 11) is 1.74. The molecule has 4 nitrogen and oxygen atoms in total. The monoisotopic (exact) mass is 230 g/mol. The van der Waals surface area contributed by atoms with Crippen LogP contribution < -0.4 is 5.73 Å². The van der Waals surface area contributed by atoms with E-state index in [1.165, 1.54) is 0 Å². The largest absolute Gasteiger partial charge is 0.444 e. The van der Waals surface area contributed by atoms with Crippen molar-refractivity contribution in [3.8, 4) is 0 Å². The van der Waals surface area contributed by atoms with Crippen molar-refractivity contribution in [1.82, 2.24) is 4.90 Å². The van der Waals surface area contributed by atoms with E-state index in [4.69, 9.17) is 10.5 Å². The van der Waals surface area contributed by atoms with Crippen LogP contribution in [-0.2, 0) is 4.74 Å². The molecular weight excluding hydrogens is 204 g/mol. The topological polar surface area (TPSA) is 55.6 Å². The second kappa shape index (κ2) is 6.09. The highest BCUT2D eigenvalue weighted by Crippen LogP contribution is 2.14. The van der Waals surface area contributed by atoms with Gasteiger partial charge in [0.15, 0.2) is 0 Å². The number of carbonyl (C=O) groups is 1.